The summed E-state index contributed by atoms with van der Waals surface area (Å²) in [5.74, 6) is 0.840. The molecule has 23 heavy (non-hydrogen) atoms. The minimum atomic E-state index is 0.656. The molecule has 3 aromatic rings. The summed E-state index contributed by atoms with van der Waals surface area (Å²) < 4.78 is 4.04. The summed E-state index contributed by atoms with van der Waals surface area (Å²) in [7, 11) is 0. The Balaban J connectivity index is 1.67. The van der Waals surface area contributed by atoms with Crippen LogP contribution in [0.4, 0.5) is 0 Å². The Hall–Kier alpha value is -2.18. The summed E-state index contributed by atoms with van der Waals surface area (Å²) in [6.45, 7) is 1.45. The molecule has 7 heteroatoms. The van der Waals surface area contributed by atoms with Crippen molar-refractivity contribution in [2.45, 2.75) is 32.0 Å². The van der Waals surface area contributed by atoms with Gasteiger partial charge in [0.2, 0.25) is 0 Å². The molecule has 6 nitrogen and oxygen atoms in total. The van der Waals surface area contributed by atoms with Crippen molar-refractivity contribution in [1.29, 1.82) is 0 Å². The van der Waals surface area contributed by atoms with E-state index in [4.69, 9.17) is 11.6 Å². The maximum atomic E-state index is 6.19. The van der Waals surface area contributed by atoms with Gasteiger partial charge in [-0.05, 0) is 31.0 Å². The number of aromatic nitrogens is 5. The molecule has 5 rings (SSSR count). The van der Waals surface area contributed by atoms with Crippen LogP contribution < -0.4 is 5.32 Å². The first-order valence-electron chi connectivity index (χ1n) is 7.76. The Morgan fingerprint density at radius 2 is 2.17 bits per heavy atom. The maximum absolute atomic E-state index is 6.19. The molecule has 0 unspecified atom stereocenters. The summed E-state index contributed by atoms with van der Waals surface area (Å²) in [4.78, 5) is 9.04. The fraction of sp³-hybridized carbons (Fsp3) is 0.312. The standard InChI is InChI=1S/C16H15ClN6/c17-10-1-4-14-12(5-10)16-19-8-21-23(16)7-15-13(20-9-22(14)15)6-18-11-2-3-11/h1,4-5,8-9,11,18H,2-3,6-7H2. The predicted octanol–water partition coefficient (Wildman–Crippen LogP) is 2.40. The molecule has 1 aliphatic heterocycles. The van der Waals surface area contributed by atoms with Crippen molar-refractivity contribution in [2.24, 2.45) is 0 Å². The van der Waals surface area contributed by atoms with Crippen molar-refractivity contribution in [3.8, 4) is 17.1 Å². The summed E-state index contributed by atoms with van der Waals surface area (Å²) in [6.07, 6.45) is 6.02. The molecule has 0 atom stereocenters. The molecule has 1 saturated carbocycles. The zero-order chi connectivity index (χ0) is 15.4. The van der Waals surface area contributed by atoms with Gasteiger partial charge in [-0.25, -0.2) is 14.6 Å². The Bertz CT molecular complexity index is 892. The second-order valence-electron chi connectivity index (χ2n) is 6.07. The van der Waals surface area contributed by atoms with E-state index in [1.807, 2.05) is 29.2 Å². The molecule has 0 radical (unpaired) electrons. The van der Waals surface area contributed by atoms with Crippen molar-refractivity contribution in [3.63, 3.8) is 0 Å². The molecular formula is C16H15ClN6. The quantitative estimate of drug-likeness (QED) is 0.628. The van der Waals surface area contributed by atoms with Crippen LogP contribution in [0.1, 0.15) is 24.2 Å². The minimum Gasteiger partial charge on any atom is -0.308 e. The van der Waals surface area contributed by atoms with Crippen LogP contribution in [0.3, 0.4) is 0 Å². The molecule has 1 aliphatic carbocycles. The van der Waals surface area contributed by atoms with Crippen molar-refractivity contribution >= 4 is 11.6 Å². The monoisotopic (exact) mass is 326 g/mol. The molecule has 1 aromatic carbocycles. The first-order chi connectivity index (χ1) is 11.3. The largest absolute Gasteiger partial charge is 0.308 e. The molecule has 3 heterocycles. The van der Waals surface area contributed by atoms with E-state index in [9.17, 15) is 0 Å². The van der Waals surface area contributed by atoms with Gasteiger partial charge < -0.3 is 9.88 Å². The first-order valence-corrected chi connectivity index (χ1v) is 8.14. The van der Waals surface area contributed by atoms with E-state index < -0.39 is 0 Å². The van der Waals surface area contributed by atoms with E-state index in [0.717, 1.165) is 35.0 Å². The highest BCUT2D eigenvalue weighted by atomic mass is 35.5. The SMILES string of the molecule is Clc1ccc2c(c1)-c1ncnn1Cc1c(CNC3CC3)ncn1-2. The molecular weight excluding hydrogens is 312 g/mol. The third-order valence-electron chi connectivity index (χ3n) is 4.46. The smallest absolute Gasteiger partial charge is 0.160 e. The van der Waals surface area contributed by atoms with Crippen molar-refractivity contribution in [2.75, 3.05) is 0 Å². The average molecular weight is 327 g/mol. The molecule has 116 valence electrons. The fourth-order valence-electron chi connectivity index (χ4n) is 3.09. The highest BCUT2D eigenvalue weighted by molar-refractivity contribution is 6.31. The van der Waals surface area contributed by atoms with Gasteiger partial charge in [0.15, 0.2) is 5.82 Å². The lowest BCUT2D eigenvalue weighted by molar-refractivity contribution is 0.640. The van der Waals surface area contributed by atoms with Crippen LogP contribution in [0, 0.1) is 0 Å². The van der Waals surface area contributed by atoms with E-state index in [0.29, 0.717) is 17.6 Å². The van der Waals surface area contributed by atoms with E-state index in [-0.39, 0.29) is 0 Å². The highest BCUT2D eigenvalue weighted by Crippen LogP contribution is 2.33. The topological polar surface area (TPSA) is 60.6 Å². The lowest BCUT2D eigenvalue weighted by atomic mass is 10.1. The molecule has 0 saturated heterocycles. The second kappa shape index (κ2) is 4.91. The van der Waals surface area contributed by atoms with Crippen molar-refractivity contribution in [3.05, 3.63) is 47.3 Å². The number of fused-ring (bicyclic) bond motifs is 5. The number of hydrogen-bond donors (Lipinski definition) is 1. The molecule has 2 aromatic heterocycles. The van der Waals surface area contributed by atoms with Gasteiger partial charge in [-0.2, -0.15) is 5.10 Å². The lowest BCUT2D eigenvalue weighted by Gasteiger charge is -2.09. The Morgan fingerprint density at radius 3 is 3.04 bits per heavy atom. The molecule has 0 bridgehead atoms. The van der Waals surface area contributed by atoms with Crippen LogP contribution in [0.15, 0.2) is 30.9 Å². The van der Waals surface area contributed by atoms with Crippen LogP contribution in [-0.4, -0.2) is 30.4 Å². The summed E-state index contributed by atoms with van der Waals surface area (Å²) >= 11 is 6.19. The van der Waals surface area contributed by atoms with Gasteiger partial charge in [0.25, 0.3) is 0 Å². The highest BCUT2D eigenvalue weighted by Gasteiger charge is 2.25. The van der Waals surface area contributed by atoms with Crippen LogP contribution >= 0.6 is 11.6 Å². The number of hydrogen-bond acceptors (Lipinski definition) is 4. The zero-order valence-electron chi connectivity index (χ0n) is 12.4. The van der Waals surface area contributed by atoms with Gasteiger partial charge in [-0.1, -0.05) is 11.6 Å². The Morgan fingerprint density at radius 1 is 1.26 bits per heavy atom. The first kappa shape index (κ1) is 13.3. The molecule has 2 aliphatic rings. The number of halogens is 1. The predicted molar refractivity (Wildman–Crippen MR) is 86.6 cm³/mol. The third kappa shape index (κ3) is 2.17. The molecule has 0 amide bonds. The van der Waals surface area contributed by atoms with Crippen LogP contribution in [-0.2, 0) is 13.1 Å². The van der Waals surface area contributed by atoms with Gasteiger partial charge in [0, 0.05) is 23.2 Å². The van der Waals surface area contributed by atoms with Gasteiger partial charge in [-0.3, -0.25) is 0 Å². The number of rotatable bonds is 3. The summed E-state index contributed by atoms with van der Waals surface area (Å²) in [5, 5.41) is 8.60. The van der Waals surface area contributed by atoms with E-state index >= 15 is 0 Å². The van der Waals surface area contributed by atoms with Crippen molar-refractivity contribution in [1.82, 2.24) is 29.6 Å². The molecule has 0 spiro atoms. The third-order valence-corrected chi connectivity index (χ3v) is 4.70. The number of imidazole rings is 1. The Labute approximate surface area is 138 Å². The molecule has 1 fully saturated rings. The summed E-state index contributed by atoms with van der Waals surface area (Å²) in [5.41, 5.74) is 4.24. The van der Waals surface area contributed by atoms with Crippen molar-refractivity contribution < 1.29 is 0 Å². The minimum absolute atomic E-state index is 0.656. The van der Waals surface area contributed by atoms with Crippen LogP contribution in [0.2, 0.25) is 5.02 Å². The molecule has 1 N–H and O–H groups in total. The van der Waals surface area contributed by atoms with Gasteiger partial charge in [-0.15, -0.1) is 0 Å². The zero-order valence-corrected chi connectivity index (χ0v) is 13.2. The Kier molecular flexibility index (Phi) is 2.83. The number of benzene rings is 1. The van der Waals surface area contributed by atoms with E-state index in [1.165, 1.54) is 12.8 Å². The normalized spacial score (nSPS) is 15.7. The number of nitrogens with one attached hydrogen (secondary N) is 1. The second-order valence-corrected chi connectivity index (χ2v) is 6.50. The van der Waals surface area contributed by atoms with Crippen LogP contribution in [0.5, 0.6) is 0 Å². The maximum Gasteiger partial charge on any atom is 0.160 e. The van der Waals surface area contributed by atoms with Gasteiger partial charge in [0.05, 0.1) is 29.9 Å². The van der Waals surface area contributed by atoms with Gasteiger partial charge in [0.1, 0.15) is 6.33 Å². The average Bonchev–Trinajstić information content (AvgIpc) is 3.16. The lowest BCUT2D eigenvalue weighted by Crippen LogP contribution is -2.18. The van der Waals surface area contributed by atoms with Gasteiger partial charge >= 0.3 is 0 Å². The van der Waals surface area contributed by atoms with E-state index in [2.05, 4.69) is 25.0 Å². The summed E-state index contributed by atoms with van der Waals surface area (Å²) in [6, 6.07) is 6.52. The fourth-order valence-corrected chi connectivity index (χ4v) is 3.26. The van der Waals surface area contributed by atoms with E-state index in [1.54, 1.807) is 6.33 Å². The van der Waals surface area contributed by atoms with Crippen LogP contribution in [0.25, 0.3) is 17.1 Å². The number of nitrogens with zero attached hydrogens (tertiary/aromatic N) is 5.